The largest absolute Gasteiger partial charge is 0.494 e. The van der Waals surface area contributed by atoms with Crippen LogP contribution in [0.5, 0.6) is 5.75 Å². The highest BCUT2D eigenvalue weighted by molar-refractivity contribution is 5.34. The first-order valence-electron chi connectivity index (χ1n) is 7.85. The lowest BCUT2D eigenvalue weighted by molar-refractivity contribution is -0.0564. The van der Waals surface area contributed by atoms with Crippen LogP contribution in [0.25, 0.3) is 0 Å². The molecule has 1 saturated carbocycles. The van der Waals surface area contributed by atoms with Gasteiger partial charge >= 0.3 is 0 Å². The van der Waals surface area contributed by atoms with Crippen LogP contribution in [0.15, 0.2) is 24.3 Å². The molecular formula is C17H22N2O2. The Bertz CT molecular complexity index is 495. The Morgan fingerprint density at radius 2 is 2.14 bits per heavy atom. The number of nitriles is 1. The second kappa shape index (κ2) is 6.93. The van der Waals surface area contributed by atoms with Crippen molar-refractivity contribution in [3.63, 3.8) is 0 Å². The second-order valence-corrected chi connectivity index (χ2v) is 5.78. The molecule has 1 saturated heterocycles. The number of rotatable bonds is 5. The van der Waals surface area contributed by atoms with Crippen LogP contribution < -0.4 is 4.74 Å². The van der Waals surface area contributed by atoms with Crippen molar-refractivity contribution < 1.29 is 9.47 Å². The van der Waals surface area contributed by atoms with E-state index in [1.165, 1.54) is 19.3 Å². The number of nitrogens with zero attached hydrogens (tertiary/aromatic N) is 2. The van der Waals surface area contributed by atoms with Crippen molar-refractivity contribution in [2.24, 2.45) is 0 Å². The highest BCUT2D eigenvalue weighted by atomic mass is 16.5. The summed E-state index contributed by atoms with van der Waals surface area (Å²) < 4.78 is 11.6. The molecule has 0 N–H and O–H groups in total. The molecule has 112 valence electrons. The van der Waals surface area contributed by atoms with Gasteiger partial charge in [-0.2, -0.15) is 5.26 Å². The maximum Gasteiger partial charge on any atom is 0.119 e. The third kappa shape index (κ3) is 3.55. The molecule has 4 heteroatoms. The Morgan fingerprint density at radius 3 is 2.95 bits per heavy atom. The van der Waals surface area contributed by atoms with Crippen LogP contribution in [0, 0.1) is 11.3 Å². The number of benzene rings is 1. The zero-order chi connectivity index (χ0) is 14.5. The zero-order valence-corrected chi connectivity index (χ0v) is 12.3. The van der Waals surface area contributed by atoms with E-state index < -0.39 is 0 Å². The smallest absolute Gasteiger partial charge is 0.119 e. The fourth-order valence-corrected chi connectivity index (χ4v) is 3.37. The molecule has 1 aliphatic heterocycles. The van der Waals surface area contributed by atoms with Crippen molar-refractivity contribution in [2.45, 2.75) is 37.8 Å². The summed E-state index contributed by atoms with van der Waals surface area (Å²) in [5, 5.41) is 8.75. The Balaban J connectivity index is 1.40. The van der Waals surface area contributed by atoms with Crippen molar-refractivity contribution >= 4 is 0 Å². The maximum absolute atomic E-state index is 8.75. The van der Waals surface area contributed by atoms with Gasteiger partial charge in [0, 0.05) is 19.1 Å². The SMILES string of the molecule is N#Cc1ccc(OCCCN2CCOC3CCCC32)cc1. The van der Waals surface area contributed by atoms with E-state index in [1.54, 1.807) is 12.1 Å². The van der Waals surface area contributed by atoms with Gasteiger partial charge in [0.25, 0.3) is 0 Å². The highest BCUT2D eigenvalue weighted by Gasteiger charge is 2.35. The van der Waals surface area contributed by atoms with E-state index in [1.807, 2.05) is 12.1 Å². The van der Waals surface area contributed by atoms with Crippen molar-refractivity contribution in [3.05, 3.63) is 29.8 Å². The number of morpholine rings is 1. The Hall–Kier alpha value is -1.57. The molecule has 0 spiro atoms. The average Bonchev–Trinajstić information content (AvgIpc) is 3.01. The standard InChI is InChI=1S/C17H22N2O2/c18-13-14-5-7-15(8-6-14)20-11-2-9-19-10-12-21-17-4-1-3-16(17)19/h5-8,16-17H,1-4,9-12H2. The monoisotopic (exact) mass is 286 g/mol. The minimum absolute atomic E-state index is 0.471. The van der Waals surface area contributed by atoms with Gasteiger partial charge in [0.05, 0.1) is 31.0 Å². The molecule has 0 radical (unpaired) electrons. The van der Waals surface area contributed by atoms with Gasteiger partial charge in [0.15, 0.2) is 0 Å². The first-order valence-corrected chi connectivity index (χ1v) is 7.85. The summed E-state index contributed by atoms with van der Waals surface area (Å²) >= 11 is 0. The molecule has 1 aliphatic carbocycles. The highest BCUT2D eigenvalue weighted by Crippen LogP contribution is 2.29. The topological polar surface area (TPSA) is 45.5 Å². The van der Waals surface area contributed by atoms with Crippen molar-refractivity contribution in [1.29, 1.82) is 5.26 Å². The van der Waals surface area contributed by atoms with Crippen LogP contribution in [-0.4, -0.2) is 43.3 Å². The molecule has 2 aliphatic rings. The Kier molecular flexibility index (Phi) is 4.74. The quantitative estimate of drug-likeness (QED) is 0.780. The van der Waals surface area contributed by atoms with E-state index in [-0.39, 0.29) is 0 Å². The minimum atomic E-state index is 0.471. The van der Waals surface area contributed by atoms with Gasteiger partial charge in [-0.25, -0.2) is 0 Å². The number of ether oxygens (including phenoxy) is 2. The van der Waals surface area contributed by atoms with Crippen LogP contribution in [0.3, 0.4) is 0 Å². The van der Waals surface area contributed by atoms with Crippen molar-refractivity contribution in [1.82, 2.24) is 4.90 Å². The van der Waals surface area contributed by atoms with Crippen LogP contribution in [0.1, 0.15) is 31.2 Å². The molecule has 0 amide bonds. The van der Waals surface area contributed by atoms with Crippen LogP contribution in [0.2, 0.25) is 0 Å². The summed E-state index contributed by atoms with van der Waals surface area (Å²) in [6.45, 7) is 3.73. The summed E-state index contributed by atoms with van der Waals surface area (Å²) in [4.78, 5) is 2.57. The number of hydrogen-bond donors (Lipinski definition) is 0. The summed E-state index contributed by atoms with van der Waals surface area (Å²) in [7, 11) is 0. The first-order chi connectivity index (χ1) is 10.4. The Labute approximate surface area is 126 Å². The molecule has 21 heavy (non-hydrogen) atoms. The first kappa shape index (κ1) is 14.4. The van der Waals surface area contributed by atoms with Gasteiger partial charge in [-0.1, -0.05) is 0 Å². The third-order valence-electron chi connectivity index (χ3n) is 4.44. The van der Waals surface area contributed by atoms with Crippen LogP contribution in [-0.2, 0) is 4.74 Å². The van der Waals surface area contributed by atoms with E-state index in [0.717, 1.165) is 38.5 Å². The lowest BCUT2D eigenvalue weighted by Gasteiger charge is -2.37. The molecule has 2 atom stereocenters. The molecule has 1 aromatic carbocycles. The summed E-state index contributed by atoms with van der Waals surface area (Å²) in [5.41, 5.74) is 0.669. The van der Waals surface area contributed by atoms with Gasteiger partial charge < -0.3 is 9.47 Å². The van der Waals surface area contributed by atoms with Gasteiger partial charge in [-0.3, -0.25) is 4.90 Å². The van der Waals surface area contributed by atoms with Gasteiger partial charge in [-0.15, -0.1) is 0 Å². The maximum atomic E-state index is 8.75. The van der Waals surface area contributed by atoms with E-state index in [9.17, 15) is 0 Å². The summed E-state index contributed by atoms with van der Waals surface area (Å²) in [6, 6.07) is 10.1. The summed E-state index contributed by atoms with van der Waals surface area (Å²) in [5.74, 6) is 0.842. The molecular weight excluding hydrogens is 264 g/mol. The lowest BCUT2D eigenvalue weighted by atomic mass is 10.1. The fraction of sp³-hybridized carbons (Fsp3) is 0.588. The molecule has 2 unspecified atom stereocenters. The van der Waals surface area contributed by atoms with Crippen LogP contribution >= 0.6 is 0 Å². The lowest BCUT2D eigenvalue weighted by Crippen LogP contribution is -2.48. The zero-order valence-electron chi connectivity index (χ0n) is 12.3. The predicted octanol–water partition coefficient (Wildman–Crippen LogP) is 2.58. The molecule has 3 rings (SSSR count). The molecule has 4 nitrogen and oxygen atoms in total. The van der Waals surface area contributed by atoms with Gasteiger partial charge in [0.2, 0.25) is 0 Å². The average molecular weight is 286 g/mol. The van der Waals surface area contributed by atoms with E-state index in [0.29, 0.717) is 17.7 Å². The fourth-order valence-electron chi connectivity index (χ4n) is 3.37. The summed E-state index contributed by atoms with van der Waals surface area (Å²) in [6.07, 6.45) is 5.30. The molecule has 1 heterocycles. The van der Waals surface area contributed by atoms with E-state index in [2.05, 4.69) is 11.0 Å². The van der Waals surface area contributed by atoms with Crippen molar-refractivity contribution in [3.8, 4) is 11.8 Å². The molecule has 1 aromatic rings. The normalized spacial score (nSPS) is 25.3. The minimum Gasteiger partial charge on any atom is -0.494 e. The van der Waals surface area contributed by atoms with Crippen LogP contribution in [0.4, 0.5) is 0 Å². The number of hydrogen-bond acceptors (Lipinski definition) is 4. The van der Waals surface area contributed by atoms with Gasteiger partial charge in [0.1, 0.15) is 5.75 Å². The molecule has 0 bridgehead atoms. The van der Waals surface area contributed by atoms with E-state index >= 15 is 0 Å². The second-order valence-electron chi connectivity index (χ2n) is 5.78. The molecule has 2 fully saturated rings. The van der Waals surface area contributed by atoms with Gasteiger partial charge in [-0.05, 0) is 49.9 Å². The Morgan fingerprint density at radius 1 is 1.29 bits per heavy atom. The molecule has 0 aromatic heterocycles. The van der Waals surface area contributed by atoms with Crippen molar-refractivity contribution in [2.75, 3.05) is 26.3 Å². The predicted molar refractivity (Wildman–Crippen MR) is 80.2 cm³/mol. The van der Waals surface area contributed by atoms with E-state index in [4.69, 9.17) is 14.7 Å². The third-order valence-corrected chi connectivity index (χ3v) is 4.44. The number of fused-ring (bicyclic) bond motifs is 1.